The molecule has 4 nitrogen and oxygen atoms in total. The molecule has 1 unspecified atom stereocenters. The molecule has 3 rings (SSSR count). The highest BCUT2D eigenvalue weighted by Crippen LogP contribution is 2.32. The third kappa shape index (κ3) is 4.23. The average Bonchev–Trinajstić information content (AvgIpc) is 3.02. The fourth-order valence-corrected chi connectivity index (χ4v) is 4.07. The van der Waals surface area contributed by atoms with Gasteiger partial charge in [0.05, 0.1) is 11.6 Å². The normalized spacial score (nSPS) is 28.5. The fraction of sp³-hybridized carbons (Fsp3) is 0.600. The summed E-state index contributed by atoms with van der Waals surface area (Å²) in [6.07, 6.45) is 13.6. The van der Waals surface area contributed by atoms with E-state index in [0.29, 0.717) is 12.0 Å². The second kappa shape index (κ2) is 7.93. The van der Waals surface area contributed by atoms with E-state index in [1.807, 2.05) is 6.20 Å². The molecular weight excluding hydrogens is 300 g/mol. The van der Waals surface area contributed by atoms with E-state index < -0.39 is 5.97 Å². The molecule has 2 fully saturated rings. The zero-order valence-corrected chi connectivity index (χ0v) is 14.5. The van der Waals surface area contributed by atoms with Crippen LogP contribution in [0.25, 0.3) is 6.08 Å². The van der Waals surface area contributed by atoms with Crippen LogP contribution < -0.4 is 0 Å². The van der Waals surface area contributed by atoms with Crippen molar-refractivity contribution in [2.45, 2.75) is 51.0 Å². The van der Waals surface area contributed by atoms with Crippen LogP contribution in [0, 0.1) is 11.8 Å². The van der Waals surface area contributed by atoms with Crippen molar-refractivity contribution in [3.05, 3.63) is 35.7 Å². The fourth-order valence-electron chi connectivity index (χ4n) is 4.07. The van der Waals surface area contributed by atoms with Gasteiger partial charge in [-0.05, 0) is 82.2 Å². The van der Waals surface area contributed by atoms with Crippen molar-refractivity contribution in [3.63, 3.8) is 0 Å². The lowest BCUT2D eigenvalue weighted by Gasteiger charge is -2.25. The van der Waals surface area contributed by atoms with E-state index in [1.165, 1.54) is 24.9 Å². The van der Waals surface area contributed by atoms with Crippen LogP contribution in [0.5, 0.6) is 0 Å². The summed E-state index contributed by atoms with van der Waals surface area (Å²) >= 11 is 0. The minimum atomic E-state index is -0.624. The molecule has 1 aromatic rings. The van der Waals surface area contributed by atoms with Crippen molar-refractivity contribution in [2.75, 3.05) is 13.6 Å². The van der Waals surface area contributed by atoms with Crippen molar-refractivity contribution in [3.8, 4) is 0 Å². The van der Waals surface area contributed by atoms with E-state index in [2.05, 4.69) is 41.2 Å². The number of carboxylic acid groups (broad SMARTS) is 1. The molecule has 0 bridgehead atoms. The number of pyridine rings is 1. The van der Waals surface area contributed by atoms with Gasteiger partial charge in [0, 0.05) is 12.2 Å². The summed E-state index contributed by atoms with van der Waals surface area (Å²) < 4.78 is 0. The predicted octanol–water partition coefficient (Wildman–Crippen LogP) is 4.14. The van der Waals surface area contributed by atoms with E-state index in [9.17, 15) is 4.79 Å². The van der Waals surface area contributed by atoms with Gasteiger partial charge in [-0.1, -0.05) is 12.1 Å². The Balaban J connectivity index is 1.48. The molecule has 0 amide bonds. The molecule has 0 radical (unpaired) electrons. The Bertz CT molecular complexity index is 574. The third-order valence-electron chi connectivity index (χ3n) is 5.67. The summed E-state index contributed by atoms with van der Waals surface area (Å²) in [5, 5.41) is 9.04. The molecule has 1 aromatic heterocycles. The molecule has 0 spiro atoms. The Morgan fingerprint density at radius 1 is 1.29 bits per heavy atom. The molecule has 1 saturated carbocycles. The van der Waals surface area contributed by atoms with E-state index >= 15 is 0 Å². The largest absolute Gasteiger partial charge is 0.481 e. The standard InChI is InChI=1S/C20H28N2O2/c1-22-13-3-6-19(22)17-11-12-18(21-14-17)5-2-4-15-7-9-16(10-8-15)20(23)24/h2,5,11-12,14-16,19H,3-4,6-10,13H2,1H3,(H,23,24). The topological polar surface area (TPSA) is 53.4 Å². The van der Waals surface area contributed by atoms with Gasteiger partial charge in [-0.2, -0.15) is 0 Å². The zero-order chi connectivity index (χ0) is 16.9. The molecule has 2 heterocycles. The Kier molecular flexibility index (Phi) is 5.67. The molecule has 1 atom stereocenters. The van der Waals surface area contributed by atoms with E-state index in [-0.39, 0.29) is 5.92 Å². The zero-order valence-electron chi connectivity index (χ0n) is 14.5. The van der Waals surface area contributed by atoms with Crippen LogP contribution in [0.2, 0.25) is 0 Å². The highest BCUT2D eigenvalue weighted by Gasteiger charge is 2.25. The van der Waals surface area contributed by atoms with Gasteiger partial charge in [0.15, 0.2) is 0 Å². The summed E-state index contributed by atoms with van der Waals surface area (Å²) in [4.78, 5) is 18.0. The van der Waals surface area contributed by atoms with Gasteiger partial charge < -0.3 is 5.11 Å². The van der Waals surface area contributed by atoms with Gasteiger partial charge in [-0.3, -0.25) is 14.7 Å². The van der Waals surface area contributed by atoms with Gasteiger partial charge in [0.25, 0.3) is 0 Å². The number of rotatable bonds is 5. The van der Waals surface area contributed by atoms with Crippen molar-refractivity contribution in [2.24, 2.45) is 11.8 Å². The molecule has 24 heavy (non-hydrogen) atoms. The number of aliphatic carboxylic acids is 1. The number of carboxylic acids is 1. The number of allylic oxidation sites excluding steroid dienone is 1. The molecule has 1 aliphatic heterocycles. The Morgan fingerprint density at radius 2 is 2.08 bits per heavy atom. The molecule has 130 valence electrons. The first-order valence-electron chi connectivity index (χ1n) is 9.19. The van der Waals surface area contributed by atoms with Crippen LogP contribution in [-0.2, 0) is 4.79 Å². The first kappa shape index (κ1) is 17.2. The van der Waals surface area contributed by atoms with Gasteiger partial charge in [-0.25, -0.2) is 0 Å². The van der Waals surface area contributed by atoms with Gasteiger partial charge in [0.1, 0.15) is 0 Å². The second-order valence-corrected chi connectivity index (χ2v) is 7.35. The SMILES string of the molecule is CN1CCCC1c1ccc(C=CCC2CCC(C(=O)O)CC2)nc1. The maximum atomic E-state index is 11.0. The summed E-state index contributed by atoms with van der Waals surface area (Å²) in [5.74, 6) is -0.113. The molecule has 1 N–H and O–H groups in total. The first-order valence-corrected chi connectivity index (χ1v) is 9.19. The molecular formula is C20H28N2O2. The van der Waals surface area contributed by atoms with E-state index in [0.717, 1.165) is 37.8 Å². The number of nitrogens with zero attached hydrogens (tertiary/aromatic N) is 2. The minimum absolute atomic E-state index is 0.117. The Morgan fingerprint density at radius 3 is 2.67 bits per heavy atom. The highest BCUT2D eigenvalue weighted by molar-refractivity contribution is 5.70. The number of likely N-dealkylation sites (tertiary alicyclic amines) is 1. The van der Waals surface area contributed by atoms with Crippen LogP contribution in [0.3, 0.4) is 0 Å². The van der Waals surface area contributed by atoms with Gasteiger partial charge in [0.2, 0.25) is 0 Å². The van der Waals surface area contributed by atoms with Crippen LogP contribution in [0.1, 0.15) is 62.2 Å². The van der Waals surface area contributed by atoms with Crippen LogP contribution in [0.15, 0.2) is 24.4 Å². The molecule has 2 aliphatic rings. The maximum Gasteiger partial charge on any atom is 0.306 e. The Labute approximate surface area is 144 Å². The van der Waals surface area contributed by atoms with Crippen molar-refractivity contribution in [1.82, 2.24) is 9.88 Å². The molecule has 0 aromatic carbocycles. The van der Waals surface area contributed by atoms with Crippen LogP contribution in [0.4, 0.5) is 0 Å². The number of hydrogen-bond acceptors (Lipinski definition) is 3. The average molecular weight is 328 g/mol. The quantitative estimate of drug-likeness (QED) is 0.882. The maximum absolute atomic E-state index is 11.0. The minimum Gasteiger partial charge on any atom is -0.481 e. The summed E-state index contributed by atoms with van der Waals surface area (Å²) in [6.45, 7) is 1.18. The lowest BCUT2D eigenvalue weighted by atomic mass is 9.80. The summed E-state index contributed by atoms with van der Waals surface area (Å²) in [6, 6.07) is 4.84. The lowest BCUT2D eigenvalue weighted by molar-refractivity contribution is -0.143. The first-order chi connectivity index (χ1) is 11.6. The van der Waals surface area contributed by atoms with E-state index in [1.54, 1.807) is 0 Å². The molecule has 1 saturated heterocycles. The van der Waals surface area contributed by atoms with Crippen molar-refractivity contribution >= 4 is 12.0 Å². The second-order valence-electron chi connectivity index (χ2n) is 7.35. The number of aromatic nitrogens is 1. The lowest BCUT2D eigenvalue weighted by Crippen LogP contribution is -2.21. The Hall–Kier alpha value is -1.68. The van der Waals surface area contributed by atoms with E-state index in [4.69, 9.17) is 5.11 Å². The smallest absolute Gasteiger partial charge is 0.306 e. The van der Waals surface area contributed by atoms with Gasteiger partial charge in [-0.15, -0.1) is 0 Å². The predicted molar refractivity (Wildman–Crippen MR) is 95.6 cm³/mol. The van der Waals surface area contributed by atoms with Crippen molar-refractivity contribution in [1.29, 1.82) is 0 Å². The van der Waals surface area contributed by atoms with Crippen LogP contribution in [-0.4, -0.2) is 34.6 Å². The number of hydrogen-bond donors (Lipinski definition) is 1. The van der Waals surface area contributed by atoms with Crippen molar-refractivity contribution < 1.29 is 9.90 Å². The monoisotopic (exact) mass is 328 g/mol. The number of carbonyl (C=O) groups is 1. The van der Waals surface area contributed by atoms with Crippen LogP contribution >= 0.6 is 0 Å². The highest BCUT2D eigenvalue weighted by atomic mass is 16.4. The summed E-state index contributed by atoms with van der Waals surface area (Å²) in [7, 11) is 2.19. The van der Waals surface area contributed by atoms with Gasteiger partial charge >= 0.3 is 5.97 Å². The third-order valence-corrected chi connectivity index (χ3v) is 5.67. The molecule has 1 aliphatic carbocycles. The summed E-state index contributed by atoms with van der Waals surface area (Å²) in [5.41, 5.74) is 2.33. The molecule has 4 heteroatoms.